The smallest absolute Gasteiger partial charge is 0.406 e. The molecule has 0 bridgehead atoms. The summed E-state index contributed by atoms with van der Waals surface area (Å²) in [6.07, 6.45) is -0.0807. The average molecular weight is 284 g/mol. The topological polar surface area (TPSA) is 102 Å². The lowest BCUT2D eigenvalue weighted by Gasteiger charge is -2.29. The molecule has 0 saturated heterocycles. The van der Waals surface area contributed by atoms with Crippen molar-refractivity contribution in [2.75, 3.05) is 27.2 Å². The molecule has 4 N–H and O–H groups in total. The molecule has 7 nitrogen and oxygen atoms in total. The summed E-state index contributed by atoms with van der Waals surface area (Å²) in [6, 6.07) is 0. The van der Waals surface area contributed by atoms with Gasteiger partial charge in [-0.3, -0.25) is 0 Å². The van der Waals surface area contributed by atoms with Gasteiger partial charge in [0.2, 0.25) is 0 Å². The van der Waals surface area contributed by atoms with Crippen LogP contribution in [0, 0.1) is 0 Å². The Kier molecular flexibility index (Phi) is 7.38. The number of likely N-dealkylation sites (N-methyl/N-ethyl adjacent to an activating group) is 1. The summed E-state index contributed by atoms with van der Waals surface area (Å²) in [5.74, 6) is 0.214. The molecule has 0 aliphatic carbocycles. The van der Waals surface area contributed by atoms with Gasteiger partial charge in [-0.25, -0.2) is 9.79 Å². The number of carboxylic acid groups (broad SMARTS) is 1. The summed E-state index contributed by atoms with van der Waals surface area (Å²) in [6.45, 7) is 9.65. The molecule has 0 aromatic carbocycles. The molecule has 1 heterocycles. The quantitative estimate of drug-likeness (QED) is 0.707. The Hall–Kier alpha value is -2.02. The predicted molar refractivity (Wildman–Crippen MR) is 79.5 cm³/mol. The third-order valence-electron chi connectivity index (χ3n) is 2.76. The first-order valence-electron chi connectivity index (χ1n) is 6.31. The standard InChI is InChI=1S/C10H17N3O.C3H7NO2/c1-4-13(5-2)8-6-12-10(11)9(14)7(8)3;1-4(2)3(5)6/h6,9,14H,3-5H2,1-2H3,(H2,11,12);1-2H3,(H,5,6). The number of hydrogen-bond donors (Lipinski definition) is 3. The summed E-state index contributed by atoms with van der Waals surface area (Å²) in [5.41, 5.74) is 6.99. The molecule has 1 aliphatic heterocycles. The maximum absolute atomic E-state index is 9.63. The van der Waals surface area contributed by atoms with Crippen LogP contribution in [0.15, 0.2) is 29.0 Å². The van der Waals surface area contributed by atoms with Gasteiger partial charge in [0.05, 0.1) is 11.9 Å². The normalized spacial score (nSPS) is 17.4. The van der Waals surface area contributed by atoms with Gasteiger partial charge in [-0.2, -0.15) is 0 Å². The van der Waals surface area contributed by atoms with Crippen LogP contribution in [0.4, 0.5) is 4.79 Å². The highest BCUT2D eigenvalue weighted by atomic mass is 16.4. The molecule has 0 spiro atoms. The van der Waals surface area contributed by atoms with Crippen molar-refractivity contribution in [1.29, 1.82) is 0 Å². The lowest BCUT2D eigenvalue weighted by atomic mass is 10.0. The maximum Gasteiger partial charge on any atom is 0.406 e. The molecule has 1 rings (SSSR count). The van der Waals surface area contributed by atoms with E-state index >= 15 is 0 Å². The van der Waals surface area contributed by atoms with E-state index in [4.69, 9.17) is 10.8 Å². The van der Waals surface area contributed by atoms with E-state index < -0.39 is 12.2 Å². The minimum absolute atomic E-state index is 0.214. The zero-order valence-corrected chi connectivity index (χ0v) is 12.5. The summed E-state index contributed by atoms with van der Waals surface area (Å²) in [7, 11) is 2.95. The monoisotopic (exact) mass is 284 g/mol. The number of rotatable bonds is 3. The Balaban J connectivity index is 0.000000511. The fraction of sp³-hybridized carbons (Fsp3) is 0.538. The van der Waals surface area contributed by atoms with Crippen molar-refractivity contribution < 1.29 is 15.0 Å². The number of aliphatic hydroxyl groups is 1. The van der Waals surface area contributed by atoms with Crippen LogP contribution in [0.2, 0.25) is 0 Å². The first-order valence-corrected chi connectivity index (χ1v) is 6.31. The largest absolute Gasteiger partial charge is 0.465 e. The van der Waals surface area contributed by atoms with Crippen LogP contribution in [0.3, 0.4) is 0 Å². The highest BCUT2D eigenvalue weighted by Gasteiger charge is 2.22. The second-order valence-electron chi connectivity index (χ2n) is 4.35. The molecule has 0 aromatic heterocycles. The zero-order chi connectivity index (χ0) is 15.9. The number of nitrogens with two attached hydrogens (primary N) is 1. The van der Waals surface area contributed by atoms with Gasteiger partial charge in [0, 0.05) is 32.8 Å². The molecule has 1 amide bonds. The van der Waals surface area contributed by atoms with Crippen LogP contribution in [0.1, 0.15) is 13.8 Å². The highest BCUT2D eigenvalue weighted by Crippen LogP contribution is 2.20. The van der Waals surface area contributed by atoms with Crippen molar-refractivity contribution in [3.05, 3.63) is 24.0 Å². The van der Waals surface area contributed by atoms with Crippen molar-refractivity contribution in [1.82, 2.24) is 9.80 Å². The predicted octanol–water partition coefficient (Wildman–Crippen LogP) is 0.684. The summed E-state index contributed by atoms with van der Waals surface area (Å²) < 4.78 is 0. The van der Waals surface area contributed by atoms with Crippen LogP contribution in [0.5, 0.6) is 0 Å². The van der Waals surface area contributed by atoms with E-state index in [-0.39, 0.29) is 5.84 Å². The van der Waals surface area contributed by atoms with Crippen molar-refractivity contribution in [2.45, 2.75) is 20.0 Å². The van der Waals surface area contributed by atoms with E-state index in [9.17, 15) is 9.90 Å². The van der Waals surface area contributed by atoms with Crippen LogP contribution in [-0.2, 0) is 0 Å². The van der Waals surface area contributed by atoms with Crippen molar-refractivity contribution in [3.8, 4) is 0 Å². The summed E-state index contributed by atoms with van der Waals surface area (Å²) in [5, 5.41) is 17.6. The molecule has 0 radical (unpaired) electrons. The molecular weight excluding hydrogens is 260 g/mol. The van der Waals surface area contributed by atoms with Gasteiger partial charge in [-0.15, -0.1) is 0 Å². The van der Waals surface area contributed by atoms with Crippen LogP contribution >= 0.6 is 0 Å². The van der Waals surface area contributed by atoms with E-state index in [2.05, 4.69) is 16.5 Å². The van der Waals surface area contributed by atoms with Gasteiger partial charge in [-0.1, -0.05) is 6.58 Å². The molecule has 114 valence electrons. The molecule has 0 fully saturated rings. The first kappa shape index (κ1) is 18.0. The van der Waals surface area contributed by atoms with Crippen LogP contribution in [0.25, 0.3) is 0 Å². The lowest BCUT2D eigenvalue weighted by Crippen LogP contribution is -2.36. The van der Waals surface area contributed by atoms with E-state index in [0.29, 0.717) is 5.57 Å². The minimum Gasteiger partial charge on any atom is -0.465 e. The number of aliphatic hydroxyl groups excluding tert-OH is 1. The summed E-state index contributed by atoms with van der Waals surface area (Å²) in [4.78, 5) is 16.7. The van der Waals surface area contributed by atoms with Crippen molar-refractivity contribution in [3.63, 3.8) is 0 Å². The number of aliphatic imine (C=N–C) groups is 1. The van der Waals surface area contributed by atoms with Gasteiger partial charge in [0.15, 0.2) is 0 Å². The first-order chi connectivity index (χ1) is 9.26. The Morgan fingerprint density at radius 2 is 1.90 bits per heavy atom. The fourth-order valence-corrected chi connectivity index (χ4v) is 1.46. The van der Waals surface area contributed by atoms with Crippen LogP contribution in [-0.4, -0.2) is 65.2 Å². The van der Waals surface area contributed by atoms with E-state index in [0.717, 1.165) is 23.7 Å². The Morgan fingerprint density at radius 1 is 1.45 bits per heavy atom. The second-order valence-corrected chi connectivity index (χ2v) is 4.35. The molecule has 1 aliphatic rings. The number of nitrogens with zero attached hydrogens (tertiary/aromatic N) is 3. The molecular formula is C13H24N4O3. The molecule has 20 heavy (non-hydrogen) atoms. The Labute approximate surface area is 119 Å². The maximum atomic E-state index is 9.63. The van der Waals surface area contributed by atoms with Gasteiger partial charge in [0.1, 0.15) is 11.9 Å². The van der Waals surface area contributed by atoms with Crippen molar-refractivity contribution in [2.24, 2.45) is 10.7 Å². The second kappa shape index (κ2) is 8.21. The zero-order valence-electron chi connectivity index (χ0n) is 12.5. The third kappa shape index (κ3) is 4.93. The summed E-state index contributed by atoms with van der Waals surface area (Å²) >= 11 is 0. The number of amides is 1. The molecule has 0 aromatic rings. The average Bonchev–Trinajstić information content (AvgIpc) is 2.40. The van der Waals surface area contributed by atoms with Gasteiger partial charge >= 0.3 is 6.09 Å². The number of amidine groups is 1. The lowest BCUT2D eigenvalue weighted by molar-refractivity contribution is 0.165. The minimum atomic E-state index is -0.907. The number of carbonyl (C=O) groups is 1. The molecule has 7 heteroatoms. The highest BCUT2D eigenvalue weighted by molar-refractivity contribution is 5.90. The van der Waals surface area contributed by atoms with Gasteiger partial charge in [-0.05, 0) is 13.8 Å². The SMILES string of the molecule is C=C1C(N(CC)CC)=CN=C(N)C1O.CN(C)C(=O)O. The van der Waals surface area contributed by atoms with Crippen molar-refractivity contribution >= 4 is 11.9 Å². The fourth-order valence-electron chi connectivity index (χ4n) is 1.46. The van der Waals surface area contributed by atoms with Gasteiger partial charge in [0.25, 0.3) is 0 Å². The van der Waals surface area contributed by atoms with E-state index in [1.165, 1.54) is 14.1 Å². The molecule has 1 unspecified atom stereocenters. The number of hydrogen-bond acceptors (Lipinski definition) is 5. The van der Waals surface area contributed by atoms with E-state index in [1.54, 1.807) is 6.20 Å². The molecule has 0 saturated carbocycles. The van der Waals surface area contributed by atoms with Crippen LogP contribution < -0.4 is 5.73 Å². The molecule has 1 atom stereocenters. The third-order valence-corrected chi connectivity index (χ3v) is 2.76. The Bertz CT molecular complexity index is 412. The van der Waals surface area contributed by atoms with Gasteiger partial charge < -0.3 is 25.7 Å². The van der Waals surface area contributed by atoms with E-state index in [1.807, 2.05) is 13.8 Å². The Morgan fingerprint density at radius 3 is 2.25 bits per heavy atom.